The highest BCUT2D eigenvalue weighted by Crippen LogP contribution is 2.16. The van der Waals surface area contributed by atoms with Crippen molar-refractivity contribution < 1.29 is 4.79 Å². The van der Waals surface area contributed by atoms with Gasteiger partial charge in [0.2, 0.25) is 0 Å². The Kier molecular flexibility index (Phi) is 3.31. The molecule has 2 rings (SSSR count). The molecule has 7 heteroatoms. The van der Waals surface area contributed by atoms with Gasteiger partial charge in [-0.05, 0) is 6.42 Å². The number of nitrogens with zero attached hydrogens (tertiary/aromatic N) is 3. The second-order valence-corrected chi connectivity index (χ2v) is 4.04. The second-order valence-electron chi connectivity index (χ2n) is 4.04. The molecule has 0 fully saturated rings. The van der Waals surface area contributed by atoms with E-state index in [9.17, 15) is 4.79 Å². The van der Waals surface area contributed by atoms with Gasteiger partial charge >= 0.3 is 0 Å². The highest BCUT2D eigenvalue weighted by atomic mass is 16.2. The monoisotopic (exact) mass is 248 g/mol. The zero-order valence-electron chi connectivity index (χ0n) is 10.4. The number of nitrogen functional groups attached to an aromatic ring is 1. The van der Waals surface area contributed by atoms with Crippen LogP contribution in [-0.2, 0) is 13.5 Å². The number of hydrogen-bond donors (Lipinski definition) is 3. The standard InChI is InChI=1S/C11H16N6O/c1-3-4-7-9(12)10(15-14-7)11(18)13-8-5-6-17(2)16-8/h5-6H,3-4,12H2,1-2H3,(H,14,15)(H,13,16,18). The van der Waals surface area contributed by atoms with Crippen LogP contribution >= 0.6 is 0 Å². The number of hydrogen-bond acceptors (Lipinski definition) is 4. The highest BCUT2D eigenvalue weighted by molar-refractivity contribution is 6.06. The number of anilines is 2. The summed E-state index contributed by atoms with van der Waals surface area (Å²) < 4.78 is 1.60. The van der Waals surface area contributed by atoms with Gasteiger partial charge in [0.05, 0.1) is 11.4 Å². The summed E-state index contributed by atoms with van der Waals surface area (Å²) in [6.07, 6.45) is 3.45. The first-order valence-corrected chi connectivity index (χ1v) is 5.75. The Hall–Kier alpha value is -2.31. The molecular weight excluding hydrogens is 232 g/mol. The van der Waals surface area contributed by atoms with Crippen LogP contribution < -0.4 is 11.1 Å². The molecule has 0 unspecified atom stereocenters. The lowest BCUT2D eigenvalue weighted by atomic mass is 10.2. The van der Waals surface area contributed by atoms with E-state index < -0.39 is 0 Å². The van der Waals surface area contributed by atoms with Crippen LogP contribution in [0.25, 0.3) is 0 Å². The Morgan fingerprint density at radius 2 is 2.39 bits per heavy atom. The quantitative estimate of drug-likeness (QED) is 0.749. The van der Waals surface area contributed by atoms with Crippen molar-refractivity contribution in [2.45, 2.75) is 19.8 Å². The number of nitrogens with one attached hydrogen (secondary N) is 2. The van der Waals surface area contributed by atoms with Crippen molar-refractivity contribution in [2.24, 2.45) is 7.05 Å². The number of nitrogens with two attached hydrogens (primary N) is 1. The summed E-state index contributed by atoms with van der Waals surface area (Å²) in [5, 5.41) is 13.4. The molecule has 0 bridgehead atoms. The fourth-order valence-corrected chi connectivity index (χ4v) is 1.66. The molecule has 0 aromatic carbocycles. The normalized spacial score (nSPS) is 10.6. The molecule has 4 N–H and O–H groups in total. The lowest BCUT2D eigenvalue weighted by molar-refractivity contribution is 0.102. The topological polar surface area (TPSA) is 102 Å². The number of rotatable bonds is 4. The number of H-pyrrole nitrogens is 1. The maximum absolute atomic E-state index is 11.9. The molecule has 96 valence electrons. The zero-order chi connectivity index (χ0) is 13.1. The number of aromatic nitrogens is 4. The van der Waals surface area contributed by atoms with Gasteiger partial charge in [0, 0.05) is 19.3 Å². The lowest BCUT2D eigenvalue weighted by Crippen LogP contribution is -2.15. The van der Waals surface area contributed by atoms with E-state index in [1.54, 1.807) is 24.0 Å². The van der Waals surface area contributed by atoms with Gasteiger partial charge in [-0.15, -0.1) is 0 Å². The van der Waals surface area contributed by atoms with E-state index >= 15 is 0 Å². The number of aryl methyl sites for hydroxylation is 2. The zero-order valence-corrected chi connectivity index (χ0v) is 10.4. The van der Waals surface area contributed by atoms with Crippen molar-refractivity contribution in [3.8, 4) is 0 Å². The Balaban J connectivity index is 2.14. The molecule has 0 aliphatic heterocycles. The van der Waals surface area contributed by atoms with Gasteiger partial charge in [-0.3, -0.25) is 14.6 Å². The van der Waals surface area contributed by atoms with Crippen molar-refractivity contribution in [1.29, 1.82) is 0 Å². The van der Waals surface area contributed by atoms with Gasteiger partial charge in [0.25, 0.3) is 5.91 Å². The maximum Gasteiger partial charge on any atom is 0.279 e. The van der Waals surface area contributed by atoms with Crippen molar-refractivity contribution in [2.75, 3.05) is 11.1 Å². The Labute approximate surface area is 104 Å². The minimum absolute atomic E-state index is 0.212. The van der Waals surface area contributed by atoms with Gasteiger partial charge in [-0.2, -0.15) is 10.2 Å². The predicted molar refractivity (Wildman–Crippen MR) is 68.2 cm³/mol. The van der Waals surface area contributed by atoms with E-state index in [4.69, 9.17) is 5.73 Å². The summed E-state index contributed by atoms with van der Waals surface area (Å²) in [4.78, 5) is 11.9. The molecule has 0 aliphatic carbocycles. The van der Waals surface area contributed by atoms with Gasteiger partial charge in [0.1, 0.15) is 0 Å². The molecule has 7 nitrogen and oxygen atoms in total. The molecule has 2 aromatic rings. The average molecular weight is 248 g/mol. The number of amides is 1. The minimum Gasteiger partial charge on any atom is -0.395 e. The molecule has 0 saturated heterocycles. The van der Waals surface area contributed by atoms with E-state index in [2.05, 4.69) is 20.6 Å². The average Bonchev–Trinajstić information content (AvgIpc) is 2.87. The van der Waals surface area contributed by atoms with Crippen molar-refractivity contribution in [3.05, 3.63) is 23.7 Å². The molecule has 2 aromatic heterocycles. The minimum atomic E-state index is -0.357. The Bertz CT molecular complexity index is 556. The number of aromatic amines is 1. The van der Waals surface area contributed by atoms with Crippen LogP contribution in [0.5, 0.6) is 0 Å². The van der Waals surface area contributed by atoms with Crippen molar-refractivity contribution in [1.82, 2.24) is 20.0 Å². The molecule has 1 amide bonds. The van der Waals surface area contributed by atoms with Crippen LogP contribution in [0.2, 0.25) is 0 Å². The SMILES string of the molecule is CCCc1[nH]nc(C(=O)Nc2ccn(C)n2)c1N. The van der Waals surface area contributed by atoms with Crippen LogP contribution in [0.15, 0.2) is 12.3 Å². The van der Waals surface area contributed by atoms with Gasteiger partial charge in [0.15, 0.2) is 11.5 Å². The summed E-state index contributed by atoms with van der Waals surface area (Å²) in [5.41, 5.74) is 7.28. The molecule has 2 heterocycles. The second kappa shape index (κ2) is 4.91. The molecule has 0 atom stereocenters. The third kappa shape index (κ3) is 2.34. The molecule has 0 aliphatic rings. The summed E-state index contributed by atoms with van der Waals surface area (Å²) in [7, 11) is 1.78. The largest absolute Gasteiger partial charge is 0.395 e. The van der Waals surface area contributed by atoms with Crippen molar-refractivity contribution in [3.63, 3.8) is 0 Å². The third-order valence-corrected chi connectivity index (χ3v) is 2.55. The van der Waals surface area contributed by atoms with E-state index in [0.717, 1.165) is 18.5 Å². The summed E-state index contributed by atoms with van der Waals surface area (Å²) in [5.74, 6) is 0.117. The van der Waals surface area contributed by atoms with Crippen LogP contribution in [0.1, 0.15) is 29.5 Å². The molecule has 0 radical (unpaired) electrons. The fraction of sp³-hybridized carbons (Fsp3) is 0.364. The Morgan fingerprint density at radius 1 is 1.61 bits per heavy atom. The van der Waals surface area contributed by atoms with Crippen LogP contribution in [-0.4, -0.2) is 25.9 Å². The first-order valence-electron chi connectivity index (χ1n) is 5.75. The van der Waals surface area contributed by atoms with Gasteiger partial charge in [-0.25, -0.2) is 0 Å². The number of carbonyl (C=O) groups excluding carboxylic acids is 1. The third-order valence-electron chi connectivity index (χ3n) is 2.55. The number of carbonyl (C=O) groups is 1. The first-order chi connectivity index (χ1) is 8.61. The molecular formula is C11H16N6O. The van der Waals surface area contributed by atoms with Crippen molar-refractivity contribution >= 4 is 17.4 Å². The summed E-state index contributed by atoms with van der Waals surface area (Å²) in [6, 6.07) is 1.70. The van der Waals surface area contributed by atoms with E-state index in [0.29, 0.717) is 11.5 Å². The highest BCUT2D eigenvalue weighted by Gasteiger charge is 2.17. The van der Waals surface area contributed by atoms with E-state index in [1.165, 1.54) is 0 Å². The van der Waals surface area contributed by atoms with E-state index in [-0.39, 0.29) is 11.6 Å². The summed E-state index contributed by atoms with van der Waals surface area (Å²) in [6.45, 7) is 2.04. The lowest BCUT2D eigenvalue weighted by Gasteiger charge is -2.00. The van der Waals surface area contributed by atoms with Crippen LogP contribution in [0, 0.1) is 0 Å². The van der Waals surface area contributed by atoms with Crippen LogP contribution in [0.3, 0.4) is 0 Å². The smallest absolute Gasteiger partial charge is 0.279 e. The van der Waals surface area contributed by atoms with Crippen LogP contribution in [0.4, 0.5) is 11.5 Å². The van der Waals surface area contributed by atoms with Gasteiger partial charge < -0.3 is 11.1 Å². The maximum atomic E-state index is 11.9. The summed E-state index contributed by atoms with van der Waals surface area (Å²) >= 11 is 0. The van der Waals surface area contributed by atoms with E-state index in [1.807, 2.05) is 6.92 Å². The Morgan fingerprint density at radius 3 is 3.00 bits per heavy atom. The predicted octanol–water partition coefficient (Wildman–Crippen LogP) is 0.930. The van der Waals surface area contributed by atoms with Gasteiger partial charge in [-0.1, -0.05) is 13.3 Å². The first kappa shape index (κ1) is 12.2. The fourth-order valence-electron chi connectivity index (χ4n) is 1.66. The molecule has 18 heavy (non-hydrogen) atoms. The molecule has 0 spiro atoms. The molecule has 0 saturated carbocycles.